The van der Waals surface area contributed by atoms with Gasteiger partial charge in [0.05, 0.1) is 17.3 Å². The molecule has 0 saturated carbocycles. The molecule has 1 aromatic heterocycles. The van der Waals surface area contributed by atoms with Crippen molar-refractivity contribution >= 4 is 5.90 Å². The number of ether oxygens (including phenoxy) is 1. The van der Waals surface area contributed by atoms with Crippen molar-refractivity contribution in [2.75, 3.05) is 0 Å². The number of nitriles is 1. The number of fused-ring (bicyclic) bond motifs is 1. The average Bonchev–Trinajstić information content (AvgIpc) is 3.05. The summed E-state index contributed by atoms with van der Waals surface area (Å²) in [6.07, 6.45) is 0. The van der Waals surface area contributed by atoms with Crippen LogP contribution in [0.25, 0.3) is 11.3 Å². The van der Waals surface area contributed by atoms with E-state index in [4.69, 9.17) is 10.1 Å². The van der Waals surface area contributed by atoms with Crippen molar-refractivity contribution in [3.8, 4) is 23.2 Å². The normalized spacial score (nSPS) is 18.7. The monoisotopic (exact) mass is 350 g/mol. The predicted molar refractivity (Wildman–Crippen MR) is 89.7 cm³/mol. The zero-order chi connectivity index (χ0) is 18.3. The minimum Gasteiger partial charge on any atom is -0.422 e. The molecule has 0 aliphatic carbocycles. The first kappa shape index (κ1) is 16.0. The van der Waals surface area contributed by atoms with E-state index in [2.05, 4.69) is 10.2 Å². The molecule has 0 saturated heterocycles. The summed E-state index contributed by atoms with van der Waals surface area (Å²) in [6, 6.07) is 14.6. The van der Waals surface area contributed by atoms with Gasteiger partial charge in [-0.25, -0.2) is 8.78 Å². The van der Waals surface area contributed by atoms with Crippen molar-refractivity contribution in [2.45, 2.75) is 5.92 Å². The lowest BCUT2D eigenvalue weighted by Gasteiger charge is -2.28. The third-order valence-electron chi connectivity index (χ3n) is 4.41. The summed E-state index contributed by atoms with van der Waals surface area (Å²) in [4.78, 5) is 0. The summed E-state index contributed by atoms with van der Waals surface area (Å²) < 4.78 is 34.4. The van der Waals surface area contributed by atoms with Crippen molar-refractivity contribution in [3.05, 3.63) is 71.3 Å². The third kappa shape index (κ3) is 2.35. The second-order valence-electron chi connectivity index (χ2n) is 5.87. The van der Waals surface area contributed by atoms with E-state index in [1.54, 1.807) is 0 Å². The number of nitrogens with one attached hydrogen (secondary N) is 2. The van der Waals surface area contributed by atoms with Crippen LogP contribution < -0.4 is 4.74 Å². The fraction of sp³-hybridized carbons (Fsp3) is 0.105. The highest BCUT2D eigenvalue weighted by molar-refractivity contribution is 5.86. The first-order valence-corrected chi connectivity index (χ1v) is 7.85. The van der Waals surface area contributed by atoms with Crippen LogP contribution in [-0.4, -0.2) is 16.1 Å². The number of halogens is 2. The molecule has 5 nitrogen and oxygen atoms in total. The molecular weight excluding hydrogens is 338 g/mol. The molecule has 2 unspecified atom stereocenters. The molecule has 2 aromatic carbocycles. The second kappa shape index (κ2) is 6.08. The van der Waals surface area contributed by atoms with Crippen molar-refractivity contribution in [1.29, 1.82) is 10.7 Å². The maximum absolute atomic E-state index is 14.5. The lowest BCUT2D eigenvalue weighted by molar-refractivity contribution is 0.424. The Morgan fingerprint density at radius 1 is 1.04 bits per heavy atom. The second-order valence-corrected chi connectivity index (χ2v) is 5.87. The smallest absolute Gasteiger partial charge is 0.244 e. The Balaban J connectivity index is 2.01. The van der Waals surface area contributed by atoms with Gasteiger partial charge in [-0.05, 0) is 17.7 Å². The van der Waals surface area contributed by atoms with Crippen LogP contribution >= 0.6 is 0 Å². The number of nitrogens with zero attached hydrogens (tertiary/aromatic N) is 2. The zero-order valence-corrected chi connectivity index (χ0v) is 13.3. The molecule has 2 atom stereocenters. The Bertz CT molecular complexity index is 1020. The van der Waals surface area contributed by atoms with Gasteiger partial charge in [0.15, 0.2) is 0 Å². The van der Waals surface area contributed by atoms with E-state index in [-0.39, 0.29) is 11.4 Å². The highest BCUT2D eigenvalue weighted by atomic mass is 19.1. The number of hydrogen-bond donors (Lipinski definition) is 2. The van der Waals surface area contributed by atoms with Gasteiger partial charge in [0, 0.05) is 11.5 Å². The molecule has 0 amide bonds. The standard InChI is InChI=1S/C19H12F2N4O/c20-12-7-4-8-13(21)15(12)14-11(9-22)18(23)26-19-16(14)17(24-25-19)10-5-2-1-3-6-10/h1-8,11,14,23H,(H,24,25). The molecule has 0 spiro atoms. The number of rotatable bonds is 2. The number of H-pyrrole nitrogens is 1. The van der Waals surface area contributed by atoms with Gasteiger partial charge in [0.2, 0.25) is 11.8 Å². The average molecular weight is 350 g/mol. The highest BCUT2D eigenvalue weighted by Crippen LogP contribution is 2.46. The number of benzene rings is 2. The lowest BCUT2D eigenvalue weighted by Crippen LogP contribution is -2.31. The summed E-state index contributed by atoms with van der Waals surface area (Å²) in [5, 5.41) is 24.4. The van der Waals surface area contributed by atoms with Crippen LogP contribution in [0.5, 0.6) is 5.88 Å². The van der Waals surface area contributed by atoms with Crippen molar-refractivity contribution < 1.29 is 13.5 Å². The first-order chi connectivity index (χ1) is 12.6. The van der Waals surface area contributed by atoms with Gasteiger partial charge in [-0.3, -0.25) is 10.5 Å². The van der Waals surface area contributed by atoms with E-state index in [0.717, 1.165) is 17.7 Å². The Hall–Kier alpha value is -3.53. The number of aromatic nitrogens is 2. The molecule has 2 heterocycles. The van der Waals surface area contributed by atoms with Crippen LogP contribution in [0.15, 0.2) is 48.5 Å². The molecule has 26 heavy (non-hydrogen) atoms. The van der Waals surface area contributed by atoms with Gasteiger partial charge in [-0.2, -0.15) is 5.26 Å². The van der Waals surface area contributed by atoms with Crippen molar-refractivity contribution in [1.82, 2.24) is 10.2 Å². The van der Waals surface area contributed by atoms with E-state index in [1.807, 2.05) is 36.4 Å². The van der Waals surface area contributed by atoms with Crippen LogP contribution in [-0.2, 0) is 0 Å². The molecule has 128 valence electrons. The molecule has 0 bridgehead atoms. The van der Waals surface area contributed by atoms with E-state index < -0.39 is 29.4 Å². The minimum absolute atomic E-state index is 0.0491. The van der Waals surface area contributed by atoms with E-state index >= 15 is 0 Å². The van der Waals surface area contributed by atoms with Gasteiger partial charge < -0.3 is 4.74 Å². The number of hydrogen-bond acceptors (Lipinski definition) is 4. The van der Waals surface area contributed by atoms with Crippen LogP contribution in [0.4, 0.5) is 8.78 Å². The van der Waals surface area contributed by atoms with Gasteiger partial charge in [-0.15, -0.1) is 5.10 Å². The minimum atomic E-state index is -1.17. The summed E-state index contributed by atoms with van der Waals surface area (Å²) >= 11 is 0. The largest absolute Gasteiger partial charge is 0.422 e. The maximum Gasteiger partial charge on any atom is 0.244 e. The van der Waals surface area contributed by atoms with Crippen LogP contribution in [0, 0.1) is 34.3 Å². The van der Waals surface area contributed by atoms with Crippen molar-refractivity contribution in [3.63, 3.8) is 0 Å². The van der Waals surface area contributed by atoms with E-state index in [9.17, 15) is 14.0 Å². The Kier molecular flexibility index (Phi) is 3.73. The quantitative estimate of drug-likeness (QED) is 0.732. The summed E-state index contributed by atoms with van der Waals surface area (Å²) in [6.45, 7) is 0. The molecule has 0 radical (unpaired) electrons. The summed E-state index contributed by atoms with van der Waals surface area (Å²) in [5.41, 5.74) is 1.33. The highest BCUT2D eigenvalue weighted by Gasteiger charge is 2.43. The van der Waals surface area contributed by atoms with Crippen LogP contribution in [0.1, 0.15) is 17.0 Å². The molecule has 0 fully saturated rings. The number of aromatic amines is 1. The van der Waals surface area contributed by atoms with E-state index in [0.29, 0.717) is 11.3 Å². The molecule has 4 rings (SSSR count). The Morgan fingerprint density at radius 3 is 2.38 bits per heavy atom. The molecule has 7 heteroatoms. The fourth-order valence-electron chi connectivity index (χ4n) is 3.26. The van der Waals surface area contributed by atoms with Crippen LogP contribution in [0.3, 0.4) is 0 Å². The zero-order valence-electron chi connectivity index (χ0n) is 13.3. The first-order valence-electron chi connectivity index (χ1n) is 7.85. The summed E-state index contributed by atoms with van der Waals surface area (Å²) in [5.74, 6) is -4.13. The Morgan fingerprint density at radius 2 is 1.73 bits per heavy atom. The molecule has 1 aliphatic heterocycles. The Labute approximate surface area is 147 Å². The SMILES string of the molecule is N#CC1C(=N)Oc2n[nH]c(-c3ccccc3)c2C1c1c(F)cccc1F. The molecule has 1 aliphatic rings. The van der Waals surface area contributed by atoms with Gasteiger partial charge in [-0.1, -0.05) is 36.4 Å². The summed E-state index contributed by atoms with van der Waals surface area (Å²) in [7, 11) is 0. The molecular formula is C19H12F2N4O. The van der Waals surface area contributed by atoms with E-state index in [1.165, 1.54) is 6.07 Å². The molecule has 2 N–H and O–H groups in total. The van der Waals surface area contributed by atoms with Crippen molar-refractivity contribution in [2.24, 2.45) is 5.92 Å². The van der Waals surface area contributed by atoms with Gasteiger partial charge in [0.1, 0.15) is 17.6 Å². The third-order valence-corrected chi connectivity index (χ3v) is 4.41. The topological polar surface area (TPSA) is 85.6 Å². The lowest BCUT2D eigenvalue weighted by atomic mass is 9.78. The maximum atomic E-state index is 14.5. The predicted octanol–water partition coefficient (Wildman–Crippen LogP) is 4.00. The van der Waals surface area contributed by atoms with Gasteiger partial charge >= 0.3 is 0 Å². The fourth-order valence-corrected chi connectivity index (χ4v) is 3.26. The molecule has 3 aromatic rings. The van der Waals surface area contributed by atoms with Crippen LogP contribution in [0.2, 0.25) is 0 Å². The van der Waals surface area contributed by atoms with Gasteiger partial charge in [0.25, 0.3) is 0 Å².